The van der Waals surface area contributed by atoms with Crippen LogP contribution in [0.2, 0.25) is 0 Å². The van der Waals surface area contributed by atoms with Gasteiger partial charge in [-0.15, -0.1) is 0 Å². The number of halogens is 1. The third kappa shape index (κ3) is 2.02. The van der Waals surface area contributed by atoms with E-state index in [0.717, 1.165) is 24.6 Å². The lowest BCUT2D eigenvalue weighted by Gasteiger charge is -2.40. The van der Waals surface area contributed by atoms with Crippen LogP contribution >= 0.6 is 15.9 Å². The van der Waals surface area contributed by atoms with Crippen LogP contribution in [0.4, 0.5) is 0 Å². The summed E-state index contributed by atoms with van der Waals surface area (Å²) in [6.07, 6.45) is 5.18. The molecule has 0 aromatic heterocycles. The highest BCUT2D eigenvalue weighted by Crippen LogP contribution is 2.47. The number of hydrogen-bond donors (Lipinski definition) is 1. The Hall–Kier alpha value is -0.540. The minimum absolute atomic E-state index is 0.514. The van der Waals surface area contributed by atoms with E-state index in [1.165, 1.54) is 46.0 Å². The van der Waals surface area contributed by atoms with Gasteiger partial charge in [0.15, 0.2) is 0 Å². The summed E-state index contributed by atoms with van der Waals surface area (Å²) in [6, 6.07) is 0.514. The van der Waals surface area contributed by atoms with Crippen molar-refractivity contribution in [3.8, 4) is 5.75 Å². The monoisotopic (exact) mass is 323 g/mol. The van der Waals surface area contributed by atoms with E-state index < -0.39 is 0 Å². The smallest absolute Gasteiger partial charge is 0.125 e. The molecule has 0 spiro atoms. The molecule has 1 unspecified atom stereocenters. The fourth-order valence-electron chi connectivity index (χ4n) is 3.50. The Kier molecular flexibility index (Phi) is 3.61. The van der Waals surface area contributed by atoms with E-state index in [1.807, 2.05) is 0 Å². The van der Waals surface area contributed by atoms with Crippen LogP contribution in [0.3, 0.4) is 0 Å². The Morgan fingerprint density at radius 2 is 1.95 bits per heavy atom. The van der Waals surface area contributed by atoms with Crippen LogP contribution in [-0.4, -0.2) is 13.7 Å². The molecule has 1 N–H and O–H groups in total. The number of ether oxygens (including phenoxy) is 1. The third-order valence-electron chi connectivity index (χ3n) is 4.94. The zero-order chi connectivity index (χ0) is 13.6. The summed E-state index contributed by atoms with van der Waals surface area (Å²) in [4.78, 5) is 0. The van der Waals surface area contributed by atoms with Gasteiger partial charge in [0.25, 0.3) is 0 Å². The van der Waals surface area contributed by atoms with Crippen LogP contribution in [0.5, 0.6) is 5.75 Å². The Labute approximate surface area is 124 Å². The number of fused-ring (bicyclic) bond motifs is 1. The molecule has 0 amide bonds. The predicted octanol–water partition coefficient (Wildman–Crippen LogP) is 4.06. The molecule has 0 bridgehead atoms. The topological polar surface area (TPSA) is 21.3 Å². The Balaban J connectivity index is 2.16. The summed E-state index contributed by atoms with van der Waals surface area (Å²) in [5.41, 5.74) is 5.50. The number of benzene rings is 1. The van der Waals surface area contributed by atoms with Crippen molar-refractivity contribution in [1.82, 2.24) is 5.32 Å². The van der Waals surface area contributed by atoms with E-state index in [2.05, 4.69) is 35.1 Å². The van der Waals surface area contributed by atoms with Crippen molar-refractivity contribution >= 4 is 15.9 Å². The van der Waals surface area contributed by atoms with Gasteiger partial charge in [0, 0.05) is 16.1 Å². The zero-order valence-corrected chi connectivity index (χ0v) is 13.6. The molecule has 1 aliphatic heterocycles. The van der Waals surface area contributed by atoms with Gasteiger partial charge in [0.05, 0.1) is 7.11 Å². The summed E-state index contributed by atoms with van der Waals surface area (Å²) >= 11 is 3.85. The molecule has 0 saturated heterocycles. The zero-order valence-electron chi connectivity index (χ0n) is 12.0. The molecular formula is C16H22BrNO. The van der Waals surface area contributed by atoms with Gasteiger partial charge in [-0.05, 0) is 62.3 Å². The molecule has 3 rings (SSSR count). The summed E-state index contributed by atoms with van der Waals surface area (Å²) in [5.74, 6) is 1.92. The first-order chi connectivity index (χ1) is 9.15. The van der Waals surface area contributed by atoms with Gasteiger partial charge in [0.1, 0.15) is 5.75 Å². The van der Waals surface area contributed by atoms with Crippen LogP contribution in [0.1, 0.15) is 47.6 Å². The van der Waals surface area contributed by atoms with Crippen molar-refractivity contribution in [2.24, 2.45) is 5.92 Å². The van der Waals surface area contributed by atoms with Gasteiger partial charge in [-0.2, -0.15) is 0 Å². The highest BCUT2D eigenvalue weighted by molar-refractivity contribution is 9.10. The third-order valence-corrected chi connectivity index (χ3v) is 5.97. The van der Waals surface area contributed by atoms with E-state index in [0.29, 0.717) is 6.04 Å². The van der Waals surface area contributed by atoms with Gasteiger partial charge in [-0.1, -0.05) is 22.4 Å². The molecule has 1 aromatic rings. The van der Waals surface area contributed by atoms with Crippen molar-refractivity contribution in [3.63, 3.8) is 0 Å². The van der Waals surface area contributed by atoms with Crippen molar-refractivity contribution in [3.05, 3.63) is 26.7 Å². The minimum atomic E-state index is 0.514. The van der Waals surface area contributed by atoms with Gasteiger partial charge in [-0.3, -0.25) is 0 Å². The second kappa shape index (κ2) is 5.10. The second-order valence-electron chi connectivity index (χ2n) is 5.86. The molecule has 19 heavy (non-hydrogen) atoms. The SMILES string of the molecule is COc1c(C)c(C)c(Br)c2c1CCNC2C1CCC1. The minimum Gasteiger partial charge on any atom is -0.496 e. The van der Waals surface area contributed by atoms with Gasteiger partial charge in [-0.25, -0.2) is 0 Å². The van der Waals surface area contributed by atoms with Crippen LogP contribution in [0.25, 0.3) is 0 Å². The average molecular weight is 324 g/mol. The molecule has 2 nitrogen and oxygen atoms in total. The van der Waals surface area contributed by atoms with Crippen molar-refractivity contribution in [2.45, 2.75) is 45.6 Å². The molecule has 1 fully saturated rings. The van der Waals surface area contributed by atoms with E-state index in [9.17, 15) is 0 Å². The van der Waals surface area contributed by atoms with Gasteiger partial charge < -0.3 is 10.1 Å². The molecule has 1 aromatic carbocycles. The normalized spacial score (nSPS) is 22.8. The standard InChI is InChI=1S/C16H22BrNO/c1-9-10(2)16(19-3)12-7-8-18-15(11-5-4-6-11)13(12)14(9)17/h11,15,18H,4-8H2,1-3H3. The average Bonchev–Trinajstić information content (AvgIpc) is 2.35. The van der Waals surface area contributed by atoms with E-state index in [1.54, 1.807) is 7.11 Å². The van der Waals surface area contributed by atoms with Crippen molar-refractivity contribution in [1.29, 1.82) is 0 Å². The lowest BCUT2D eigenvalue weighted by Crippen LogP contribution is -2.38. The second-order valence-corrected chi connectivity index (χ2v) is 6.66. The van der Waals surface area contributed by atoms with Crippen LogP contribution in [0.15, 0.2) is 4.47 Å². The number of methoxy groups -OCH3 is 1. The molecule has 1 atom stereocenters. The molecule has 1 aliphatic carbocycles. The lowest BCUT2D eigenvalue weighted by atomic mass is 9.74. The summed E-state index contributed by atoms with van der Waals surface area (Å²) in [5, 5.41) is 3.73. The first kappa shape index (κ1) is 13.4. The maximum absolute atomic E-state index is 5.71. The fourth-order valence-corrected chi connectivity index (χ4v) is 4.28. The number of nitrogens with one attached hydrogen (secondary N) is 1. The number of rotatable bonds is 2. The summed E-state index contributed by atoms with van der Waals surface area (Å²) < 4.78 is 7.01. The van der Waals surface area contributed by atoms with E-state index in [4.69, 9.17) is 4.74 Å². The lowest BCUT2D eigenvalue weighted by molar-refractivity contribution is 0.223. The van der Waals surface area contributed by atoms with Gasteiger partial charge >= 0.3 is 0 Å². The Bertz CT molecular complexity index is 508. The molecule has 1 heterocycles. The maximum atomic E-state index is 5.71. The van der Waals surface area contributed by atoms with Crippen molar-refractivity contribution < 1.29 is 4.74 Å². The maximum Gasteiger partial charge on any atom is 0.125 e. The molecule has 2 aliphatic rings. The summed E-state index contributed by atoms with van der Waals surface area (Å²) in [6.45, 7) is 5.42. The van der Waals surface area contributed by atoms with Crippen molar-refractivity contribution in [2.75, 3.05) is 13.7 Å². The van der Waals surface area contributed by atoms with E-state index in [-0.39, 0.29) is 0 Å². The molecule has 3 heteroatoms. The summed E-state index contributed by atoms with van der Waals surface area (Å²) in [7, 11) is 1.80. The first-order valence-corrected chi connectivity index (χ1v) is 8.03. The highest BCUT2D eigenvalue weighted by Gasteiger charge is 2.35. The van der Waals surface area contributed by atoms with Crippen LogP contribution in [-0.2, 0) is 6.42 Å². The van der Waals surface area contributed by atoms with Crippen LogP contribution in [0, 0.1) is 19.8 Å². The van der Waals surface area contributed by atoms with Crippen LogP contribution < -0.4 is 10.1 Å². The first-order valence-electron chi connectivity index (χ1n) is 7.24. The highest BCUT2D eigenvalue weighted by atomic mass is 79.9. The Morgan fingerprint density at radius 3 is 2.53 bits per heavy atom. The molecule has 0 radical (unpaired) electrons. The van der Waals surface area contributed by atoms with Gasteiger partial charge in [0.2, 0.25) is 0 Å². The quantitative estimate of drug-likeness (QED) is 0.886. The van der Waals surface area contributed by atoms with E-state index >= 15 is 0 Å². The molecule has 104 valence electrons. The fraction of sp³-hybridized carbons (Fsp3) is 0.625. The molecular weight excluding hydrogens is 302 g/mol. The number of hydrogen-bond acceptors (Lipinski definition) is 2. The Morgan fingerprint density at radius 1 is 1.21 bits per heavy atom. The predicted molar refractivity (Wildman–Crippen MR) is 82.0 cm³/mol. The largest absolute Gasteiger partial charge is 0.496 e. The molecule has 1 saturated carbocycles.